The minimum atomic E-state index is 1.09. The molecule has 0 aliphatic rings. The van der Waals surface area contributed by atoms with Gasteiger partial charge in [0, 0.05) is 9.13 Å². The van der Waals surface area contributed by atoms with Crippen LogP contribution in [0.5, 0.6) is 0 Å². The number of hydrogen-bond donors (Lipinski definition) is 0. The molecule has 23 heavy (non-hydrogen) atoms. The van der Waals surface area contributed by atoms with Gasteiger partial charge >= 0.3 is 0 Å². The molecule has 0 saturated heterocycles. The molecular weight excluding hydrogens is 413 g/mol. The van der Waals surface area contributed by atoms with E-state index in [9.17, 15) is 0 Å². The number of benzene rings is 3. The van der Waals surface area contributed by atoms with E-state index >= 15 is 0 Å². The summed E-state index contributed by atoms with van der Waals surface area (Å²) in [5, 5.41) is 1.09. The molecular formula is C20H14INS. The van der Waals surface area contributed by atoms with Crippen molar-refractivity contribution in [3.8, 4) is 21.7 Å². The van der Waals surface area contributed by atoms with Gasteiger partial charge in [0.2, 0.25) is 0 Å². The lowest BCUT2D eigenvalue weighted by Crippen LogP contribution is -1.80. The Morgan fingerprint density at radius 3 is 2.13 bits per heavy atom. The van der Waals surface area contributed by atoms with Gasteiger partial charge in [-0.3, -0.25) is 0 Å². The Hall–Kier alpha value is -1.72. The third-order valence-corrected chi connectivity index (χ3v) is 6.34. The second kappa shape index (κ2) is 6.06. The first kappa shape index (κ1) is 14.8. The molecule has 4 rings (SSSR count). The Kier molecular flexibility index (Phi) is 3.91. The van der Waals surface area contributed by atoms with Gasteiger partial charge in [-0.1, -0.05) is 60.7 Å². The fourth-order valence-corrected chi connectivity index (χ4v) is 4.48. The van der Waals surface area contributed by atoms with Gasteiger partial charge in [0.1, 0.15) is 5.01 Å². The monoisotopic (exact) mass is 427 g/mol. The second-order valence-electron chi connectivity index (χ2n) is 5.50. The molecule has 0 bridgehead atoms. The molecule has 0 radical (unpaired) electrons. The molecule has 0 aliphatic heterocycles. The smallest absolute Gasteiger partial charge is 0.124 e. The van der Waals surface area contributed by atoms with E-state index in [2.05, 4.69) is 90.2 Å². The maximum atomic E-state index is 4.86. The molecule has 0 fully saturated rings. The topological polar surface area (TPSA) is 12.9 Å². The van der Waals surface area contributed by atoms with Crippen LogP contribution in [0.25, 0.3) is 31.9 Å². The second-order valence-corrected chi connectivity index (χ2v) is 7.67. The highest BCUT2D eigenvalue weighted by atomic mass is 127. The van der Waals surface area contributed by atoms with E-state index in [1.165, 1.54) is 30.5 Å². The summed E-state index contributed by atoms with van der Waals surface area (Å²) in [5.41, 5.74) is 6.03. The third-order valence-electron chi connectivity index (χ3n) is 3.94. The van der Waals surface area contributed by atoms with Gasteiger partial charge in [0.25, 0.3) is 0 Å². The van der Waals surface area contributed by atoms with Crippen LogP contribution in [0.2, 0.25) is 0 Å². The Bertz CT molecular complexity index is 933. The summed E-state index contributed by atoms with van der Waals surface area (Å²) in [4.78, 5) is 4.86. The average Bonchev–Trinajstić information content (AvgIpc) is 3.06. The third kappa shape index (κ3) is 2.79. The quantitative estimate of drug-likeness (QED) is 0.331. The molecule has 0 amide bonds. The standard InChI is InChI=1S/C20H14INS/c1-13-7-12-17(21)19-18(13)22-20(23-19)16-10-8-15(9-11-16)14-5-3-2-4-6-14/h2-12H,1H3. The molecule has 0 unspecified atom stereocenters. The van der Waals surface area contributed by atoms with Crippen LogP contribution in [-0.4, -0.2) is 4.98 Å². The average molecular weight is 427 g/mol. The highest BCUT2D eigenvalue weighted by Crippen LogP contribution is 2.35. The largest absolute Gasteiger partial charge is 0.236 e. The molecule has 1 aromatic heterocycles. The first-order valence-electron chi connectivity index (χ1n) is 7.44. The Morgan fingerprint density at radius 1 is 0.783 bits per heavy atom. The number of fused-ring (bicyclic) bond motifs is 1. The van der Waals surface area contributed by atoms with E-state index in [0.29, 0.717) is 0 Å². The minimum Gasteiger partial charge on any atom is -0.236 e. The van der Waals surface area contributed by atoms with Crippen molar-refractivity contribution < 1.29 is 0 Å². The van der Waals surface area contributed by atoms with Crippen molar-refractivity contribution in [1.29, 1.82) is 0 Å². The van der Waals surface area contributed by atoms with Crippen molar-refractivity contribution in [1.82, 2.24) is 4.98 Å². The van der Waals surface area contributed by atoms with Crippen molar-refractivity contribution >= 4 is 44.1 Å². The SMILES string of the molecule is Cc1ccc(I)c2sc(-c3ccc(-c4ccccc4)cc3)nc12. The van der Waals surface area contributed by atoms with Gasteiger partial charge < -0.3 is 0 Å². The van der Waals surface area contributed by atoms with Crippen LogP contribution in [0.1, 0.15) is 5.56 Å². The summed E-state index contributed by atoms with van der Waals surface area (Å²) in [7, 11) is 0. The molecule has 112 valence electrons. The van der Waals surface area contributed by atoms with E-state index in [1.54, 1.807) is 11.3 Å². The number of aryl methyl sites for hydroxylation is 1. The summed E-state index contributed by atoms with van der Waals surface area (Å²) < 4.78 is 2.56. The van der Waals surface area contributed by atoms with Gasteiger partial charge in [-0.2, -0.15) is 0 Å². The van der Waals surface area contributed by atoms with Gasteiger partial charge in [0.05, 0.1) is 10.2 Å². The summed E-state index contributed by atoms with van der Waals surface area (Å²) in [6, 6.07) is 23.5. The van der Waals surface area contributed by atoms with Crippen LogP contribution < -0.4 is 0 Å². The van der Waals surface area contributed by atoms with E-state index in [0.717, 1.165) is 10.5 Å². The zero-order valence-electron chi connectivity index (χ0n) is 12.6. The Balaban J connectivity index is 1.77. The van der Waals surface area contributed by atoms with Crippen LogP contribution in [-0.2, 0) is 0 Å². The molecule has 0 N–H and O–H groups in total. The maximum Gasteiger partial charge on any atom is 0.124 e. The van der Waals surface area contributed by atoms with Crippen LogP contribution in [0, 0.1) is 10.5 Å². The molecule has 0 saturated carbocycles. The predicted molar refractivity (Wildman–Crippen MR) is 108 cm³/mol. The number of aromatic nitrogens is 1. The number of nitrogens with zero attached hydrogens (tertiary/aromatic N) is 1. The predicted octanol–water partition coefficient (Wildman–Crippen LogP) is 6.54. The zero-order chi connectivity index (χ0) is 15.8. The van der Waals surface area contributed by atoms with Crippen LogP contribution in [0.4, 0.5) is 0 Å². The molecule has 3 aromatic carbocycles. The molecule has 0 aliphatic carbocycles. The minimum absolute atomic E-state index is 1.09. The van der Waals surface area contributed by atoms with Gasteiger partial charge in [-0.25, -0.2) is 4.98 Å². The van der Waals surface area contributed by atoms with Crippen LogP contribution in [0.3, 0.4) is 0 Å². The number of thiazole rings is 1. The normalized spacial score (nSPS) is 11.0. The van der Waals surface area contributed by atoms with E-state index in [4.69, 9.17) is 4.98 Å². The van der Waals surface area contributed by atoms with Crippen molar-refractivity contribution in [3.63, 3.8) is 0 Å². The fourth-order valence-electron chi connectivity index (χ4n) is 2.66. The van der Waals surface area contributed by atoms with Crippen molar-refractivity contribution in [2.45, 2.75) is 6.92 Å². The molecule has 3 heteroatoms. The van der Waals surface area contributed by atoms with Gasteiger partial charge in [-0.15, -0.1) is 11.3 Å². The van der Waals surface area contributed by atoms with Crippen LogP contribution >= 0.6 is 33.9 Å². The van der Waals surface area contributed by atoms with E-state index in [-0.39, 0.29) is 0 Å². The van der Waals surface area contributed by atoms with E-state index in [1.807, 2.05) is 6.07 Å². The lowest BCUT2D eigenvalue weighted by molar-refractivity contribution is 1.41. The lowest BCUT2D eigenvalue weighted by Gasteiger charge is -2.02. The fraction of sp³-hybridized carbons (Fsp3) is 0.0500. The number of halogens is 1. The Morgan fingerprint density at radius 2 is 1.43 bits per heavy atom. The zero-order valence-corrected chi connectivity index (χ0v) is 15.6. The first-order valence-corrected chi connectivity index (χ1v) is 9.33. The summed E-state index contributed by atoms with van der Waals surface area (Å²) in [6.45, 7) is 2.13. The highest BCUT2D eigenvalue weighted by molar-refractivity contribution is 14.1. The summed E-state index contributed by atoms with van der Waals surface area (Å²) in [6.07, 6.45) is 0. The number of hydrogen-bond acceptors (Lipinski definition) is 2. The maximum absolute atomic E-state index is 4.86. The molecule has 0 atom stereocenters. The van der Waals surface area contributed by atoms with Crippen molar-refractivity contribution in [3.05, 3.63) is 75.9 Å². The molecule has 4 aromatic rings. The van der Waals surface area contributed by atoms with Crippen LogP contribution in [0.15, 0.2) is 66.7 Å². The highest BCUT2D eigenvalue weighted by Gasteiger charge is 2.10. The molecule has 1 heterocycles. The molecule has 1 nitrogen and oxygen atoms in total. The number of rotatable bonds is 2. The van der Waals surface area contributed by atoms with Gasteiger partial charge in [-0.05, 0) is 52.3 Å². The van der Waals surface area contributed by atoms with Crippen molar-refractivity contribution in [2.75, 3.05) is 0 Å². The first-order chi connectivity index (χ1) is 11.2. The summed E-state index contributed by atoms with van der Waals surface area (Å²) in [5.74, 6) is 0. The van der Waals surface area contributed by atoms with Crippen molar-refractivity contribution in [2.24, 2.45) is 0 Å². The molecule has 0 spiro atoms. The van der Waals surface area contributed by atoms with Gasteiger partial charge in [0.15, 0.2) is 0 Å². The Labute approximate surface area is 153 Å². The lowest BCUT2D eigenvalue weighted by atomic mass is 10.0. The summed E-state index contributed by atoms with van der Waals surface area (Å²) >= 11 is 4.17. The van der Waals surface area contributed by atoms with E-state index < -0.39 is 0 Å².